The van der Waals surface area contributed by atoms with Gasteiger partial charge >= 0.3 is 0 Å². The molecule has 0 radical (unpaired) electrons. The van der Waals surface area contributed by atoms with Crippen molar-refractivity contribution in [2.75, 3.05) is 0 Å². The van der Waals surface area contributed by atoms with Gasteiger partial charge in [-0.3, -0.25) is 0 Å². The largest absolute Gasteiger partial charge is 0.321 e. The van der Waals surface area contributed by atoms with Crippen molar-refractivity contribution in [2.45, 2.75) is 46.6 Å². The molecule has 1 heteroatoms. The third kappa shape index (κ3) is 2.23. The predicted octanol–water partition coefficient (Wildman–Crippen LogP) is 3.52. The van der Waals surface area contributed by atoms with Crippen LogP contribution in [0.15, 0.2) is 18.2 Å². The monoisotopic (exact) mass is 205 g/mol. The zero-order valence-corrected chi connectivity index (χ0v) is 10.6. The second-order valence-electron chi connectivity index (χ2n) is 4.84. The minimum Gasteiger partial charge on any atom is -0.321 e. The van der Waals surface area contributed by atoms with Crippen LogP contribution in [-0.2, 0) is 5.54 Å². The van der Waals surface area contributed by atoms with E-state index >= 15 is 0 Å². The second-order valence-corrected chi connectivity index (χ2v) is 4.84. The van der Waals surface area contributed by atoms with Gasteiger partial charge in [-0.25, -0.2) is 0 Å². The molecule has 15 heavy (non-hydrogen) atoms. The molecule has 2 unspecified atom stereocenters. The predicted molar refractivity (Wildman–Crippen MR) is 66.9 cm³/mol. The lowest BCUT2D eigenvalue weighted by atomic mass is 9.77. The summed E-state index contributed by atoms with van der Waals surface area (Å²) in [6, 6.07) is 6.41. The highest BCUT2D eigenvalue weighted by Crippen LogP contribution is 2.31. The number of benzene rings is 1. The minimum atomic E-state index is -0.217. The zero-order chi connectivity index (χ0) is 11.6. The Morgan fingerprint density at radius 1 is 1.33 bits per heavy atom. The van der Waals surface area contributed by atoms with E-state index in [-0.39, 0.29) is 5.54 Å². The quantitative estimate of drug-likeness (QED) is 0.802. The standard InChI is InChI=1S/C14H23N/c1-6-11(3)14(5,15)13-9-7-8-10(2)12(13)4/h7-9,11H,6,15H2,1-5H3. The van der Waals surface area contributed by atoms with Crippen molar-refractivity contribution in [1.82, 2.24) is 0 Å². The van der Waals surface area contributed by atoms with Crippen molar-refractivity contribution in [3.05, 3.63) is 34.9 Å². The fourth-order valence-electron chi connectivity index (χ4n) is 2.02. The van der Waals surface area contributed by atoms with Crippen molar-refractivity contribution in [1.29, 1.82) is 0 Å². The van der Waals surface area contributed by atoms with Crippen LogP contribution in [0, 0.1) is 19.8 Å². The first-order chi connectivity index (χ1) is 6.91. The van der Waals surface area contributed by atoms with Crippen LogP contribution >= 0.6 is 0 Å². The first kappa shape index (κ1) is 12.3. The Hall–Kier alpha value is -0.820. The highest BCUT2D eigenvalue weighted by molar-refractivity contribution is 5.38. The minimum absolute atomic E-state index is 0.217. The third-order valence-corrected chi connectivity index (χ3v) is 3.82. The first-order valence-electron chi connectivity index (χ1n) is 5.76. The number of aryl methyl sites for hydroxylation is 1. The Bertz CT molecular complexity index is 339. The van der Waals surface area contributed by atoms with E-state index in [1.165, 1.54) is 16.7 Å². The molecule has 0 heterocycles. The molecule has 1 nitrogen and oxygen atoms in total. The lowest BCUT2D eigenvalue weighted by molar-refractivity contribution is 0.314. The van der Waals surface area contributed by atoms with E-state index in [4.69, 9.17) is 5.73 Å². The summed E-state index contributed by atoms with van der Waals surface area (Å²) < 4.78 is 0. The molecule has 0 aliphatic heterocycles. The van der Waals surface area contributed by atoms with E-state index in [2.05, 4.69) is 52.8 Å². The number of nitrogens with two attached hydrogens (primary N) is 1. The molecule has 1 aromatic carbocycles. The normalized spacial score (nSPS) is 17.2. The summed E-state index contributed by atoms with van der Waals surface area (Å²) in [5.74, 6) is 0.498. The molecular formula is C14H23N. The van der Waals surface area contributed by atoms with Gasteiger partial charge in [-0.2, -0.15) is 0 Å². The molecule has 0 aliphatic rings. The second kappa shape index (κ2) is 4.36. The molecular weight excluding hydrogens is 182 g/mol. The van der Waals surface area contributed by atoms with Crippen LogP contribution in [-0.4, -0.2) is 0 Å². The van der Waals surface area contributed by atoms with Crippen molar-refractivity contribution in [2.24, 2.45) is 11.7 Å². The Balaban J connectivity index is 3.20. The number of hydrogen-bond acceptors (Lipinski definition) is 1. The Morgan fingerprint density at radius 3 is 2.47 bits per heavy atom. The van der Waals surface area contributed by atoms with Gasteiger partial charge in [0.1, 0.15) is 0 Å². The van der Waals surface area contributed by atoms with E-state index in [1.807, 2.05) is 0 Å². The lowest BCUT2D eigenvalue weighted by Crippen LogP contribution is -2.40. The van der Waals surface area contributed by atoms with E-state index in [0.717, 1.165) is 6.42 Å². The summed E-state index contributed by atoms with van der Waals surface area (Å²) in [6.07, 6.45) is 1.11. The summed E-state index contributed by atoms with van der Waals surface area (Å²) in [6.45, 7) is 10.9. The summed E-state index contributed by atoms with van der Waals surface area (Å²) >= 11 is 0. The van der Waals surface area contributed by atoms with Gasteiger partial charge in [0.05, 0.1) is 0 Å². The third-order valence-electron chi connectivity index (χ3n) is 3.82. The van der Waals surface area contributed by atoms with Crippen molar-refractivity contribution < 1.29 is 0 Å². The Morgan fingerprint density at radius 2 is 1.93 bits per heavy atom. The molecule has 0 saturated carbocycles. The van der Waals surface area contributed by atoms with Gasteiger partial charge in [-0.1, -0.05) is 38.5 Å². The molecule has 0 aromatic heterocycles. The summed E-state index contributed by atoms with van der Waals surface area (Å²) in [5.41, 5.74) is 10.2. The maximum atomic E-state index is 6.46. The van der Waals surface area contributed by atoms with Crippen LogP contribution < -0.4 is 5.73 Å². The molecule has 1 aromatic rings. The fraction of sp³-hybridized carbons (Fsp3) is 0.571. The molecule has 84 valence electrons. The Kier molecular flexibility index (Phi) is 3.56. The molecule has 0 aliphatic carbocycles. The molecule has 0 spiro atoms. The van der Waals surface area contributed by atoms with Gasteiger partial charge in [0.2, 0.25) is 0 Å². The van der Waals surface area contributed by atoms with Crippen LogP contribution in [0.25, 0.3) is 0 Å². The highest BCUT2D eigenvalue weighted by atomic mass is 14.7. The van der Waals surface area contributed by atoms with Gasteiger partial charge in [0.25, 0.3) is 0 Å². The number of hydrogen-bond donors (Lipinski definition) is 1. The summed E-state index contributed by atoms with van der Waals surface area (Å²) in [7, 11) is 0. The topological polar surface area (TPSA) is 26.0 Å². The SMILES string of the molecule is CCC(C)C(C)(N)c1cccc(C)c1C. The zero-order valence-electron chi connectivity index (χ0n) is 10.6. The van der Waals surface area contributed by atoms with Gasteiger partial charge in [0, 0.05) is 5.54 Å². The van der Waals surface area contributed by atoms with E-state index in [9.17, 15) is 0 Å². The molecule has 2 N–H and O–H groups in total. The molecule has 2 atom stereocenters. The average molecular weight is 205 g/mol. The smallest absolute Gasteiger partial charge is 0.0409 e. The maximum absolute atomic E-state index is 6.46. The Labute approximate surface area is 93.7 Å². The molecule has 0 amide bonds. The van der Waals surface area contributed by atoms with Gasteiger partial charge in [0.15, 0.2) is 0 Å². The van der Waals surface area contributed by atoms with Gasteiger partial charge < -0.3 is 5.73 Å². The van der Waals surface area contributed by atoms with Crippen LogP contribution in [0.2, 0.25) is 0 Å². The van der Waals surface area contributed by atoms with Crippen molar-refractivity contribution in [3.8, 4) is 0 Å². The van der Waals surface area contributed by atoms with Gasteiger partial charge in [-0.15, -0.1) is 0 Å². The maximum Gasteiger partial charge on any atom is 0.0409 e. The van der Waals surface area contributed by atoms with Gasteiger partial charge in [-0.05, 0) is 43.4 Å². The highest BCUT2D eigenvalue weighted by Gasteiger charge is 2.28. The van der Waals surface area contributed by atoms with Crippen LogP contribution in [0.5, 0.6) is 0 Å². The van der Waals surface area contributed by atoms with Crippen LogP contribution in [0.3, 0.4) is 0 Å². The summed E-state index contributed by atoms with van der Waals surface area (Å²) in [5, 5.41) is 0. The first-order valence-corrected chi connectivity index (χ1v) is 5.76. The lowest BCUT2D eigenvalue weighted by Gasteiger charge is -2.33. The molecule has 0 bridgehead atoms. The van der Waals surface area contributed by atoms with Crippen molar-refractivity contribution in [3.63, 3.8) is 0 Å². The van der Waals surface area contributed by atoms with E-state index < -0.39 is 0 Å². The number of rotatable bonds is 3. The summed E-state index contributed by atoms with van der Waals surface area (Å²) in [4.78, 5) is 0. The van der Waals surface area contributed by atoms with E-state index in [0.29, 0.717) is 5.92 Å². The molecule has 1 rings (SSSR count). The molecule has 0 fully saturated rings. The van der Waals surface area contributed by atoms with E-state index in [1.54, 1.807) is 0 Å². The van der Waals surface area contributed by atoms with Crippen LogP contribution in [0.1, 0.15) is 43.9 Å². The average Bonchev–Trinajstić information content (AvgIpc) is 2.20. The fourth-order valence-corrected chi connectivity index (χ4v) is 2.02. The molecule has 0 saturated heterocycles. The van der Waals surface area contributed by atoms with Crippen molar-refractivity contribution >= 4 is 0 Å². The van der Waals surface area contributed by atoms with Crippen LogP contribution in [0.4, 0.5) is 0 Å².